The smallest absolute Gasteiger partial charge is 0.131 e. The molecule has 0 aromatic heterocycles. The van der Waals surface area contributed by atoms with Gasteiger partial charge in [0, 0.05) is 12.0 Å². The molecule has 1 aliphatic carbocycles. The maximum atomic E-state index is 6.15. The van der Waals surface area contributed by atoms with Crippen LogP contribution >= 0.6 is 35.1 Å². The van der Waals surface area contributed by atoms with E-state index in [1.807, 2.05) is 5.41 Å². The van der Waals surface area contributed by atoms with Crippen molar-refractivity contribution >= 4 is 35.1 Å². The zero-order valence-corrected chi connectivity index (χ0v) is 10.4. The Balaban J connectivity index is 1.80. The van der Waals surface area contributed by atoms with E-state index in [9.17, 15) is 0 Å². The van der Waals surface area contributed by atoms with Gasteiger partial charge in [-0.3, -0.25) is 0 Å². The molecule has 2 aliphatic rings. The SMILES string of the molecule is ClC1=CSN(CC2CCCCC2)C1Cl. The number of rotatable bonds is 2. The average Bonchev–Trinajstić information content (AvgIpc) is 2.52. The summed E-state index contributed by atoms with van der Waals surface area (Å²) in [6, 6.07) is 0. The van der Waals surface area contributed by atoms with Crippen LogP contribution in [-0.2, 0) is 0 Å². The lowest BCUT2D eigenvalue weighted by Gasteiger charge is -2.27. The predicted octanol–water partition coefficient (Wildman–Crippen LogP) is 4.18. The van der Waals surface area contributed by atoms with Gasteiger partial charge < -0.3 is 0 Å². The Morgan fingerprint density at radius 2 is 2.07 bits per heavy atom. The third kappa shape index (κ3) is 2.60. The topological polar surface area (TPSA) is 3.24 Å². The van der Waals surface area contributed by atoms with Crippen LogP contribution in [0.15, 0.2) is 10.4 Å². The Kier molecular flexibility index (Phi) is 4.06. The molecule has 14 heavy (non-hydrogen) atoms. The summed E-state index contributed by atoms with van der Waals surface area (Å²) >= 11 is 13.8. The summed E-state index contributed by atoms with van der Waals surface area (Å²) in [6.45, 7) is 1.09. The highest BCUT2D eigenvalue weighted by Crippen LogP contribution is 2.37. The van der Waals surface area contributed by atoms with Crippen LogP contribution in [0, 0.1) is 5.92 Å². The monoisotopic (exact) mass is 251 g/mol. The Morgan fingerprint density at radius 3 is 2.64 bits per heavy atom. The Hall–Kier alpha value is 0.630. The molecule has 0 N–H and O–H groups in total. The van der Waals surface area contributed by atoms with Crippen molar-refractivity contribution < 1.29 is 0 Å². The van der Waals surface area contributed by atoms with Gasteiger partial charge in [0.15, 0.2) is 0 Å². The molecule has 4 heteroatoms. The lowest BCUT2D eigenvalue weighted by Crippen LogP contribution is -2.28. The maximum absolute atomic E-state index is 6.15. The molecule has 0 spiro atoms. The average molecular weight is 252 g/mol. The summed E-state index contributed by atoms with van der Waals surface area (Å²) in [6.07, 6.45) is 6.90. The molecule has 0 aromatic carbocycles. The van der Waals surface area contributed by atoms with E-state index in [0.717, 1.165) is 17.5 Å². The fourth-order valence-electron chi connectivity index (χ4n) is 2.12. The molecule has 0 bridgehead atoms. The lowest BCUT2D eigenvalue weighted by molar-refractivity contribution is 0.296. The first-order chi connectivity index (χ1) is 6.77. The molecule has 0 aromatic rings. The minimum absolute atomic E-state index is 0.0939. The van der Waals surface area contributed by atoms with Gasteiger partial charge in [0.25, 0.3) is 0 Å². The molecule has 2 rings (SSSR count). The van der Waals surface area contributed by atoms with Crippen molar-refractivity contribution in [1.82, 2.24) is 4.31 Å². The van der Waals surface area contributed by atoms with Crippen molar-refractivity contribution in [3.63, 3.8) is 0 Å². The van der Waals surface area contributed by atoms with E-state index in [1.54, 1.807) is 11.9 Å². The molecule has 0 saturated heterocycles. The number of hydrogen-bond acceptors (Lipinski definition) is 2. The van der Waals surface area contributed by atoms with E-state index in [1.165, 1.54) is 32.1 Å². The van der Waals surface area contributed by atoms with Gasteiger partial charge in [-0.15, -0.1) is 0 Å². The van der Waals surface area contributed by atoms with Crippen LogP contribution in [0.2, 0.25) is 0 Å². The third-order valence-corrected chi connectivity index (χ3v) is 5.08. The number of alkyl halides is 1. The summed E-state index contributed by atoms with van der Waals surface area (Å²) in [7, 11) is 0. The fourth-order valence-corrected chi connectivity index (χ4v) is 3.66. The lowest BCUT2D eigenvalue weighted by atomic mass is 9.89. The molecule has 1 atom stereocenters. The van der Waals surface area contributed by atoms with Crippen molar-refractivity contribution in [2.24, 2.45) is 5.92 Å². The van der Waals surface area contributed by atoms with Gasteiger partial charge in [0.05, 0.1) is 5.03 Å². The van der Waals surface area contributed by atoms with E-state index in [2.05, 4.69) is 4.31 Å². The van der Waals surface area contributed by atoms with Crippen LogP contribution < -0.4 is 0 Å². The van der Waals surface area contributed by atoms with Crippen molar-refractivity contribution in [1.29, 1.82) is 0 Å². The Labute approximate surface area is 99.9 Å². The van der Waals surface area contributed by atoms with Crippen molar-refractivity contribution in [2.75, 3.05) is 6.54 Å². The van der Waals surface area contributed by atoms with Crippen LogP contribution in [0.3, 0.4) is 0 Å². The van der Waals surface area contributed by atoms with E-state index >= 15 is 0 Å². The second-order valence-electron chi connectivity index (χ2n) is 4.05. The summed E-state index contributed by atoms with van der Waals surface area (Å²) < 4.78 is 2.19. The highest BCUT2D eigenvalue weighted by atomic mass is 35.5. The quantitative estimate of drug-likeness (QED) is 0.412. The van der Waals surface area contributed by atoms with Crippen molar-refractivity contribution in [3.8, 4) is 0 Å². The number of hydrogen-bond donors (Lipinski definition) is 0. The molecule has 0 amide bonds. The van der Waals surface area contributed by atoms with Crippen molar-refractivity contribution in [3.05, 3.63) is 10.4 Å². The molecule has 1 fully saturated rings. The zero-order valence-electron chi connectivity index (χ0n) is 8.09. The first kappa shape index (κ1) is 11.1. The Bertz CT molecular complexity index is 226. The van der Waals surface area contributed by atoms with Gasteiger partial charge in [-0.2, -0.15) is 0 Å². The number of nitrogens with zero attached hydrogens (tertiary/aromatic N) is 1. The van der Waals surface area contributed by atoms with Gasteiger partial charge in [0.1, 0.15) is 5.50 Å². The zero-order chi connectivity index (χ0) is 9.97. The van der Waals surface area contributed by atoms with E-state index < -0.39 is 0 Å². The number of halogens is 2. The van der Waals surface area contributed by atoms with Gasteiger partial charge in [-0.25, -0.2) is 4.31 Å². The van der Waals surface area contributed by atoms with Crippen LogP contribution in [-0.4, -0.2) is 16.4 Å². The van der Waals surface area contributed by atoms with E-state index in [-0.39, 0.29) is 5.50 Å². The first-order valence-electron chi connectivity index (χ1n) is 5.20. The minimum Gasteiger partial charge on any atom is -0.224 e. The molecule has 80 valence electrons. The van der Waals surface area contributed by atoms with Crippen LogP contribution in [0.1, 0.15) is 32.1 Å². The summed E-state index contributed by atoms with van der Waals surface area (Å²) in [5.41, 5.74) is -0.0939. The normalized spacial score (nSPS) is 30.7. The van der Waals surface area contributed by atoms with E-state index in [0.29, 0.717) is 0 Å². The standard InChI is InChI=1S/C10H15Cl2NS/c11-9-7-14-13(10(9)12)6-8-4-2-1-3-5-8/h7-8,10H,1-6H2. The van der Waals surface area contributed by atoms with Gasteiger partial charge in [-0.1, -0.05) is 42.5 Å². The molecule has 0 radical (unpaired) electrons. The fraction of sp³-hybridized carbons (Fsp3) is 0.800. The molecule has 1 nitrogen and oxygen atoms in total. The molecule has 1 heterocycles. The minimum atomic E-state index is -0.0939. The van der Waals surface area contributed by atoms with Crippen LogP contribution in [0.4, 0.5) is 0 Å². The maximum Gasteiger partial charge on any atom is 0.131 e. The molecule has 1 unspecified atom stereocenters. The second-order valence-corrected chi connectivity index (χ2v) is 5.81. The largest absolute Gasteiger partial charge is 0.224 e. The summed E-state index contributed by atoms with van der Waals surface area (Å²) in [5, 5.41) is 2.72. The highest BCUT2D eigenvalue weighted by Gasteiger charge is 2.27. The first-order valence-corrected chi connectivity index (χ1v) is 6.85. The second kappa shape index (κ2) is 5.11. The molecule has 1 aliphatic heterocycles. The molecular formula is C10H15Cl2NS. The van der Waals surface area contributed by atoms with Gasteiger partial charge in [0.2, 0.25) is 0 Å². The summed E-state index contributed by atoms with van der Waals surface area (Å²) in [4.78, 5) is 0. The predicted molar refractivity (Wildman–Crippen MR) is 64.4 cm³/mol. The van der Waals surface area contributed by atoms with Gasteiger partial charge >= 0.3 is 0 Å². The Morgan fingerprint density at radius 1 is 1.36 bits per heavy atom. The van der Waals surface area contributed by atoms with Crippen LogP contribution in [0.25, 0.3) is 0 Å². The molecular weight excluding hydrogens is 237 g/mol. The van der Waals surface area contributed by atoms with Gasteiger partial charge in [-0.05, 0) is 30.7 Å². The third-order valence-electron chi connectivity index (χ3n) is 2.94. The van der Waals surface area contributed by atoms with Crippen molar-refractivity contribution in [2.45, 2.75) is 37.6 Å². The van der Waals surface area contributed by atoms with Crippen LogP contribution in [0.5, 0.6) is 0 Å². The van der Waals surface area contributed by atoms with E-state index in [4.69, 9.17) is 23.2 Å². The highest BCUT2D eigenvalue weighted by molar-refractivity contribution is 8.00. The summed E-state index contributed by atoms with van der Waals surface area (Å²) in [5.74, 6) is 0.827. The molecule has 1 saturated carbocycles.